The molecule has 2 aliphatic heterocycles. The summed E-state index contributed by atoms with van der Waals surface area (Å²) in [5.41, 5.74) is 2.62. The summed E-state index contributed by atoms with van der Waals surface area (Å²) in [7, 11) is -3.62. The maximum atomic E-state index is 13.4. The van der Waals surface area contributed by atoms with Crippen LogP contribution in [0.3, 0.4) is 0 Å². The summed E-state index contributed by atoms with van der Waals surface area (Å²) >= 11 is 0. The van der Waals surface area contributed by atoms with Gasteiger partial charge >= 0.3 is 0 Å². The van der Waals surface area contributed by atoms with Gasteiger partial charge in [0.05, 0.1) is 22.1 Å². The predicted octanol–water partition coefficient (Wildman–Crippen LogP) is 3.78. The quantitative estimate of drug-likeness (QED) is 0.458. The largest absolute Gasteiger partial charge is 0.454 e. The van der Waals surface area contributed by atoms with Crippen LogP contribution < -0.4 is 14.2 Å². The fourth-order valence-electron chi connectivity index (χ4n) is 5.02. The van der Waals surface area contributed by atoms with Gasteiger partial charge in [-0.2, -0.15) is 0 Å². The number of rotatable bonds is 9. The number of benzene rings is 2. The second-order valence-corrected chi connectivity index (χ2v) is 11.5. The van der Waals surface area contributed by atoms with Crippen LogP contribution in [0.4, 0.5) is 0 Å². The monoisotopic (exact) mass is 520 g/mol. The molecule has 1 aromatic heterocycles. The molecule has 192 valence electrons. The van der Waals surface area contributed by atoms with Crippen LogP contribution >= 0.6 is 0 Å². The number of carbonyl (C=O) groups is 1. The number of nitrogens with zero attached hydrogens (tertiary/aromatic N) is 1. The van der Waals surface area contributed by atoms with Crippen LogP contribution in [0.15, 0.2) is 65.6 Å². The predicted molar refractivity (Wildman–Crippen MR) is 136 cm³/mol. The molecule has 1 N–H and O–H groups in total. The number of ether oxygens (including phenoxy) is 3. The maximum Gasteiger partial charge on any atom is 0.240 e. The Bertz CT molecular complexity index is 1430. The van der Waals surface area contributed by atoms with E-state index < -0.39 is 15.4 Å². The molecule has 2 fully saturated rings. The zero-order valence-corrected chi connectivity index (χ0v) is 21.1. The van der Waals surface area contributed by atoms with Gasteiger partial charge in [-0.15, -0.1) is 0 Å². The molecule has 3 heterocycles. The van der Waals surface area contributed by atoms with Crippen molar-refractivity contribution in [3.8, 4) is 22.8 Å². The van der Waals surface area contributed by atoms with Crippen molar-refractivity contribution < 1.29 is 27.4 Å². The molecule has 2 aromatic carbocycles. The Morgan fingerprint density at radius 1 is 1.03 bits per heavy atom. The van der Waals surface area contributed by atoms with Gasteiger partial charge in [-0.3, -0.25) is 9.78 Å². The molecule has 3 aliphatic rings. The summed E-state index contributed by atoms with van der Waals surface area (Å²) in [5.74, 6) is 1.53. The molecule has 1 aliphatic carbocycles. The van der Waals surface area contributed by atoms with Gasteiger partial charge in [0.25, 0.3) is 0 Å². The van der Waals surface area contributed by atoms with Gasteiger partial charge in [-0.25, -0.2) is 13.1 Å². The lowest BCUT2D eigenvalue weighted by atomic mass is 9.88. The smallest absolute Gasteiger partial charge is 0.240 e. The Labute approximate surface area is 216 Å². The number of sulfonamides is 1. The minimum Gasteiger partial charge on any atom is -0.454 e. The van der Waals surface area contributed by atoms with Gasteiger partial charge in [-0.1, -0.05) is 24.3 Å². The van der Waals surface area contributed by atoms with E-state index in [1.165, 1.54) is 0 Å². The molecule has 6 rings (SSSR count). The molecule has 1 atom stereocenters. The van der Waals surface area contributed by atoms with E-state index in [9.17, 15) is 13.2 Å². The first-order valence-corrected chi connectivity index (χ1v) is 14.0. The number of pyridine rings is 1. The number of nitrogens with one attached hydrogen (secondary N) is 1. The number of aromatic nitrogens is 1. The standard InChI is InChI=1S/C28H28N2O6S/c31-27(28(12-13-28)20-8-11-25-26(15-20)36-18-35-25)16-21-3-1-5-24(30-21)19-6-9-23(10-7-19)37(32,33)29-17-22-4-2-14-34-22/h1,3,5-11,15,22,29H,2,4,12-14,16-18H2. The van der Waals surface area contributed by atoms with E-state index >= 15 is 0 Å². The van der Waals surface area contributed by atoms with Crippen LogP contribution in [-0.2, 0) is 31.4 Å². The van der Waals surface area contributed by atoms with Gasteiger partial charge in [0, 0.05) is 30.8 Å². The van der Waals surface area contributed by atoms with Crippen LogP contribution in [0.25, 0.3) is 11.3 Å². The Morgan fingerprint density at radius 2 is 1.84 bits per heavy atom. The third-order valence-corrected chi connectivity index (χ3v) is 8.78. The minimum absolute atomic E-state index is 0.0662. The summed E-state index contributed by atoms with van der Waals surface area (Å²) in [5, 5.41) is 0. The summed E-state index contributed by atoms with van der Waals surface area (Å²) in [6.07, 6.45) is 3.59. The molecule has 3 aromatic rings. The molecule has 0 bridgehead atoms. The Kier molecular flexibility index (Phi) is 6.22. The summed E-state index contributed by atoms with van der Waals surface area (Å²) < 4.78 is 44.3. The lowest BCUT2D eigenvalue weighted by molar-refractivity contribution is -0.120. The van der Waals surface area contributed by atoms with E-state index in [0.29, 0.717) is 29.5 Å². The highest BCUT2D eigenvalue weighted by atomic mass is 32.2. The van der Waals surface area contributed by atoms with Crippen molar-refractivity contribution in [3.63, 3.8) is 0 Å². The van der Waals surface area contributed by atoms with E-state index in [4.69, 9.17) is 19.2 Å². The molecule has 0 spiro atoms. The van der Waals surface area contributed by atoms with Gasteiger partial charge in [-0.05, 0) is 67.6 Å². The Morgan fingerprint density at radius 3 is 2.59 bits per heavy atom. The van der Waals surface area contributed by atoms with Gasteiger partial charge in [0.1, 0.15) is 5.78 Å². The van der Waals surface area contributed by atoms with Gasteiger partial charge < -0.3 is 14.2 Å². The molecular weight excluding hydrogens is 492 g/mol. The number of hydrogen-bond donors (Lipinski definition) is 1. The molecule has 0 amide bonds. The van der Waals surface area contributed by atoms with Crippen molar-refractivity contribution >= 4 is 15.8 Å². The molecular formula is C28H28N2O6S. The molecule has 0 radical (unpaired) electrons. The van der Waals surface area contributed by atoms with E-state index in [0.717, 1.165) is 36.8 Å². The first kappa shape index (κ1) is 24.1. The van der Waals surface area contributed by atoms with Crippen molar-refractivity contribution in [2.24, 2.45) is 0 Å². The van der Waals surface area contributed by atoms with E-state index in [-0.39, 0.29) is 36.5 Å². The highest BCUT2D eigenvalue weighted by Crippen LogP contribution is 2.51. The van der Waals surface area contributed by atoms with Crippen molar-refractivity contribution in [1.29, 1.82) is 0 Å². The topological polar surface area (TPSA) is 104 Å². The normalized spacial score (nSPS) is 19.6. The van der Waals surface area contributed by atoms with E-state index in [2.05, 4.69) is 4.72 Å². The average molecular weight is 521 g/mol. The lowest BCUT2D eigenvalue weighted by Crippen LogP contribution is -2.31. The maximum absolute atomic E-state index is 13.4. The number of carbonyl (C=O) groups excluding carboxylic acids is 1. The third-order valence-electron chi connectivity index (χ3n) is 7.34. The number of ketones is 1. The Hall–Kier alpha value is -3.27. The van der Waals surface area contributed by atoms with Crippen LogP contribution in [0, 0.1) is 0 Å². The summed E-state index contributed by atoms with van der Waals surface area (Å²) in [4.78, 5) is 18.3. The van der Waals surface area contributed by atoms with Crippen molar-refractivity contribution in [2.45, 2.75) is 48.5 Å². The average Bonchev–Trinajstić information content (AvgIpc) is 3.31. The highest BCUT2D eigenvalue weighted by Gasteiger charge is 2.51. The van der Waals surface area contributed by atoms with Crippen LogP contribution in [0.1, 0.15) is 36.9 Å². The summed E-state index contributed by atoms with van der Waals surface area (Å²) in [6, 6.07) is 18.0. The van der Waals surface area contributed by atoms with Crippen molar-refractivity contribution in [2.75, 3.05) is 19.9 Å². The molecule has 1 saturated carbocycles. The van der Waals surface area contributed by atoms with Gasteiger partial charge in [0.2, 0.25) is 16.8 Å². The fourth-order valence-corrected chi connectivity index (χ4v) is 6.08. The number of fused-ring (bicyclic) bond motifs is 1. The Balaban J connectivity index is 1.14. The number of Topliss-reactive ketones (excluding diaryl/α,β-unsaturated/α-hetero) is 1. The second kappa shape index (κ2) is 9.55. The number of hydrogen-bond acceptors (Lipinski definition) is 7. The zero-order valence-electron chi connectivity index (χ0n) is 20.3. The first-order valence-electron chi connectivity index (χ1n) is 12.5. The first-order chi connectivity index (χ1) is 17.9. The molecule has 9 heteroatoms. The third kappa shape index (κ3) is 4.86. The second-order valence-electron chi connectivity index (χ2n) is 9.78. The molecule has 8 nitrogen and oxygen atoms in total. The van der Waals surface area contributed by atoms with Crippen LogP contribution in [0.5, 0.6) is 11.5 Å². The zero-order chi connectivity index (χ0) is 25.5. The van der Waals surface area contributed by atoms with E-state index in [1.54, 1.807) is 24.3 Å². The molecule has 37 heavy (non-hydrogen) atoms. The van der Waals surface area contributed by atoms with Crippen LogP contribution in [0.2, 0.25) is 0 Å². The minimum atomic E-state index is -3.62. The van der Waals surface area contributed by atoms with E-state index in [1.807, 2.05) is 36.4 Å². The summed E-state index contributed by atoms with van der Waals surface area (Å²) in [6.45, 7) is 1.16. The highest BCUT2D eigenvalue weighted by molar-refractivity contribution is 7.89. The molecule has 1 unspecified atom stereocenters. The van der Waals surface area contributed by atoms with Gasteiger partial charge in [0.15, 0.2) is 11.5 Å². The van der Waals surface area contributed by atoms with Crippen molar-refractivity contribution in [1.82, 2.24) is 9.71 Å². The fraction of sp³-hybridized carbons (Fsp3) is 0.357. The molecule has 1 saturated heterocycles. The SMILES string of the molecule is O=C(Cc1cccc(-c2ccc(S(=O)(=O)NCC3CCCO3)cc2)n1)C1(c2ccc3c(c2)OCO3)CC1. The van der Waals surface area contributed by atoms with Crippen molar-refractivity contribution in [3.05, 3.63) is 71.9 Å². The van der Waals surface area contributed by atoms with Crippen LogP contribution in [-0.4, -0.2) is 45.2 Å². The lowest BCUT2D eigenvalue weighted by Gasteiger charge is -2.15.